The number of amides is 4. The summed E-state index contributed by atoms with van der Waals surface area (Å²) >= 11 is 0. The molecule has 0 bridgehead atoms. The highest BCUT2D eigenvalue weighted by atomic mass is 16.2. The quantitative estimate of drug-likeness (QED) is 0.243. The number of carbonyl (C=O) groups excluding carboxylic acids is 5. The van der Waals surface area contributed by atoms with Crippen LogP contribution in [0.5, 0.6) is 0 Å². The van der Waals surface area contributed by atoms with Crippen molar-refractivity contribution in [2.45, 2.75) is 38.5 Å². The van der Waals surface area contributed by atoms with Crippen LogP contribution in [0.4, 0.5) is 0 Å². The van der Waals surface area contributed by atoms with Crippen LogP contribution in [0.1, 0.15) is 38.5 Å². The summed E-state index contributed by atoms with van der Waals surface area (Å²) in [6, 6.07) is 0. The Kier molecular flexibility index (Phi) is 6.44. The van der Waals surface area contributed by atoms with Gasteiger partial charge in [0, 0.05) is 25.2 Å². The summed E-state index contributed by atoms with van der Waals surface area (Å²) < 4.78 is 0. The van der Waals surface area contributed by atoms with Crippen LogP contribution in [-0.4, -0.2) is 54.4 Å². The summed E-state index contributed by atoms with van der Waals surface area (Å²) in [5.74, 6) is -1.25. The van der Waals surface area contributed by atoms with Gasteiger partial charge in [-0.15, -0.1) is 0 Å². The van der Waals surface area contributed by atoms with E-state index in [9.17, 15) is 24.0 Å². The molecule has 0 aromatic heterocycles. The van der Waals surface area contributed by atoms with Gasteiger partial charge in [-0.25, -0.2) is 0 Å². The molecule has 0 saturated heterocycles. The first-order valence-electron chi connectivity index (χ1n) is 8.55. The first-order valence-corrected chi connectivity index (χ1v) is 8.55. The Morgan fingerprint density at radius 3 is 2.24 bits per heavy atom. The highest BCUT2D eigenvalue weighted by Crippen LogP contribution is 2.41. The van der Waals surface area contributed by atoms with Gasteiger partial charge in [-0.1, -0.05) is 6.42 Å². The van der Waals surface area contributed by atoms with E-state index in [0.29, 0.717) is 45.1 Å². The normalized spacial score (nSPS) is 18.0. The van der Waals surface area contributed by atoms with Crippen LogP contribution in [0.25, 0.3) is 0 Å². The molecule has 1 aliphatic carbocycles. The first kappa shape index (κ1) is 18.8. The molecule has 2 N–H and O–H groups in total. The molecular formula is C17H23N3O5. The zero-order valence-corrected chi connectivity index (χ0v) is 14.1. The SMILES string of the molecule is O=CCNC(=O)C1(C(=O)NCCCCCN2C(=O)C=CC2=O)CCC1. The van der Waals surface area contributed by atoms with Gasteiger partial charge in [0.15, 0.2) is 0 Å². The minimum absolute atomic E-state index is 0.0866. The molecule has 0 atom stereocenters. The molecule has 2 aliphatic rings. The van der Waals surface area contributed by atoms with E-state index in [4.69, 9.17) is 0 Å². The van der Waals surface area contributed by atoms with Crippen LogP contribution >= 0.6 is 0 Å². The maximum absolute atomic E-state index is 12.3. The molecule has 2 rings (SSSR count). The third-order valence-electron chi connectivity index (χ3n) is 4.67. The minimum Gasteiger partial charge on any atom is -0.355 e. The van der Waals surface area contributed by atoms with Gasteiger partial charge < -0.3 is 15.4 Å². The number of unbranched alkanes of at least 4 members (excludes halogenated alkanes) is 2. The van der Waals surface area contributed by atoms with E-state index in [1.165, 1.54) is 17.1 Å². The fourth-order valence-electron chi connectivity index (χ4n) is 2.99. The van der Waals surface area contributed by atoms with E-state index in [1.807, 2.05) is 0 Å². The second kappa shape index (κ2) is 8.55. The molecule has 0 spiro atoms. The minimum atomic E-state index is -1.04. The van der Waals surface area contributed by atoms with E-state index < -0.39 is 5.41 Å². The van der Waals surface area contributed by atoms with Crippen molar-refractivity contribution in [2.24, 2.45) is 5.41 Å². The predicted octanol–water partition coefficient (Wildman–Crippen LogP) is -0.317. The zero-order chi connectivity index (χ0) is 18.3. The number of carbonyl (C=O) groups is 5. The number of hydrogen-bond acceptors (Lipinski definition) is 5. The summed E-state index contributed by atoms with van der Waals surface area (Å²) in [4.78, 5) is 58.7. The van der Waals surface area contributed by atoms with Gasteiger partial charge >= 0.3 is 0 Å². The van der Waals surface area contributed by atoms with Gasteiger partial charge in [0.1, 0.15) is 11.7 Å². The Labute approximate surface area is 146 Å². The van der Waals surface area contributed by atoms with E-state index in [1.54, 1.807) is 0 Å². The zero-order valence-electron chi connectivity index (χ0n) is 14.1. The largest absolute Gasteiger partial charge is 0.355 e. The molecule has 0 aromatic rings. The summed E-state index contributed by atoms with van der Waals surface area (Å²) in [5, 5.41) is 5.24. The van der Waals surface area contributed by atoms with Crippen LogP contribution in [0.3, 0.4) is 0 Å². The summed E-state index contributed by atoms with van der Waals surface area (Å²) in [6.07, 6.45) is 7.03. The second-order valence-electron chi connectivity index (χ2n) is 6.29. The lowest BCUT2D eigenvalue weighted by Crippen LogP contribution is -2.55. The van der Waals surface area contributed by atoms with Gasteiger partial charge in [-0.2, -0.15) is 0 Å². The van der Waals surface area contributed by atoms with Crippen molar-refractivity contribution < 1.29 is 24.0 Å². The molecule has 8 nitrogen and oxygen atoms in total. The molecule has 1 aliphatic heterocycles. The maximum Gasteiger partial charge on any atom is 0.253 e. The van der Waals surface area contributed by atoms with Crippen LogP contribution < -0.4 is 10.6 Å². The number of nitrogens with one attached hydrogen (secondary N) is 2. The highest BCUT2D eigenvalue weighted by molar-refractivity contribution is 6.12. The molecule has 136 valence electrons. The lowest BCUT2D eigenvalue weighted by atomic mass is 9.67. The summed E-state index contributed by atoms with van der Waals surface area (Å²) in [7, 11) is 0. The van der Waals surface area contributed by atoms with Crippen molar-refractivity contribution in [1.82, 2.24) is 15.5 Å². The molecule has 1 saturated carbocycles. The third kappa shape index (κ3) is 4.32. The number of aldehydes is 1. The van der Waals surface area contributed by atoms with E-state index in [0.717, 1.165) is 12.8 Å². The fourth-order valence-corrected chi connectivity index (χ4v) is 2.99. The Balaban J connectivity index is 1.64. The first-order chi connectivity index (χ1) is 12.0. The van der Waals surface area contributed by atoms with Crippen molar-refractivity contribution >= 4 is 29.9 Å². The van der Waals surface area contributed by atoms with Gasteiger partial charge in [-0.05, 0) is 32.1 Å². The standard InChI is InChI=1S/C17H23N3O5/c21-12-10-19-16(25)17(7-4-8-17)15(24)18-9-2-1-3-11-20-13(22)5-6-14(20)23/h5-6,12H,1-4,7-11H2,(H,18,24)(H,19,25). The van der Waals surface area contributed by atoms with Crippen LogP contribution in [0, 0.1) is 5.41 Å². The van der Waals surface area contributed by atoms with Crippen LogP contribution in [-0.2, 0) is 24.0 Å². The van der Waals surface area contributed by atoms with Gasteiger partial charge in [0.05, 0.1) is 6.54 Å². The number of hydrogen-bond donors (Lipinski definition) is 2. The van der Waals surface area contributed by atoms with E-state index in [-0.39, 0.29) is 30.2 Å². The molecule has 0 unspecified atom stereocenters. The fraction of sp³-hybridized carbons (Fsp3) is 0.588. The van der Waals surface area contributed by atoms with E-state index >= 15 is 0 Å². The van der Waals surface area contributed by atoms with Crippen molar-refractivity contribution in [3.63, 3.8) is 0 Å². The Bertz CT molecular complexity index is 577. The molecule has 8 heteroatoms. The predicted molar refractivity (Wildman–Crippen MR) is 88.1 cm³/mol. The number of imide groups is 1. The molecule has 1 fully saturated rings. The third-order valence-corrected chi connectivity index (χ3v) is 4.67. The molecule has 0 aromatic carbocycles. The average Bonchev–Trinajstić information content (AvgIpc) is 2.86. The second-order valence-corrected chi connectivity index (χ2v) is 6.29. The van der Waals surface area contributed by atoms with Crippen molar-refractivity contribution in [3.05, 3.63) is 12.2 Å². The lowest BCUT2D eigenvalue weighted by molar-refractivity contribution is -0.150. The van der Waals surface area contributed by atoms with Crippen molar-refractivity contribution in [1.29, 1.82) is 0 Å². The smallest absolute Gasteiger partial charge is 0.253 e. The molecule has 25 heavy (non-hydrogen) atoms. The number of rotatable bonds is 10. The summed E-state index contributed by atoms with van der Waals surface area (Å²) in [5.41, 5.74) is -1.04. The average molecular weight is 349 g/mol. The molecule has 1 heterocycles. The monoisotopic (exact) mass is 349 g/mol. The maximum atomic E-state index is 12.3. The van der Waals surface area contributed by atoms with Crippen molar-refractivity contribution in [3.8, 4) is 0 Å². The summed E-state index contributed by atoms with van der Waals surface area (Å²) in [6.45, 7) is 0.717. The van der Waals surface area contributed by atoms with Crippen LogP contribution in [0.15, 0.2) is 12.2 Å². The van der Waals surface area contributed by atoms with Gasteiger partial charge in [-0.3, -0.25) is 24.1 Å². The molecule has 4 amide bonds. The Morgan fingerprint density at radius 2 is 1.68 bits per heavy atom. The topological polar surface area (TPSA) is 113 Å². The molecule has 0 radical (unpaired) electrons. The van der Waals surface area contributed by atoms with E-state index in [2.05, 4.69) is 10.6 Å². The lowest BCUT2D eigenvalue weighted by Gasteiger charge is -2.38. The van der Waals surface area contributed by atoms with Gasteiger partial charge in [0.25, 0.3) is 11.8 Å². The molecular weight excluding hydrogens is 326 g/mol. The van der Waals surface area contributed by atoms with Crippen LogP contribution in [0.2, 0.25) is 0 Å². The van der Waals surface area contributed by atoms with Gasteiger partial charge in [0.2, 0.25) is 11.8 Å². The number of nitrogens with zero attached hydrogens (tertiary/aromatic N) is 1. The van der Waals surface area contributed by atoms with Crippen molar-refractivity contribution in [2.75, 3.05) is 19.6 Å². The Hall–Kier alpha value is -2.51. The highest BCUT2D eigenvalue weighted by Gasteiger charge is 2.50. The Morgan fingerprint density at radius 1 is 1.04 bits per heavy atom.